The maximum Gasteiger partial charge on any atom is 0.310 e. The molecule has 1 aliphatic heterocycles. The number of amides is 1. The number of carbonyl (C=O) groups excluding carboxylic acids is 2. The lowest BCUT2D eigenvalue weighted by molar-refractivity contribution is -0.150. The lowest BCUT2D eigenvalue weighted by Crippen LogP contribution is -2.54. The van der Waals surface area contributed by atoms with Crippen LogP contribution in [0.15, 0.2) is 17.0 Å². The first-order chi connectivity index (χ1) is 11.2. The Kier molecular flexibility index (Phi) is 5.14. The number of methoxy groups -OCH3 is 2. The fraction of sp³-hybridized carbons (Fsp3) is 0.467. The highest BCUT2D eigenvalue weighted by Gasteiger charge is 2.38. The van der Waals surface area contributed by atoms with E-state index in [2.05, 4.69) is 10.2 Å². The fourth-order valence-corrected chi connectivity index (χ4v) is 4.00. The summed E-state index contributed by atoms with van der Waals surface area (Å²) in [5, 5.41) is 0. The number of hydrogen-bond acceptors (Lipinski definition) is 6. The number of ether oxygens (including phenoxy) is 2. The Morgan fingerprint density at radius 1 is 1.25 bits per heavy atom. The first kappa shape index (κ1) is 18.2. The van der Waals surface area contributed by atoms with Crippen LogP contribution in [0.5, 0.6) is 5.75 Å². The Balaban J connectivity index is 2.45. The van der Waals surface area contributed by atoms with Crippen LogP contribution in [0.1, 0.15) is 17.5 Å². The van der Waals surface area contributed by atoms with Crippen LogP contribution in [0.2, 0.25) is 0 Å². The van der Waals surface area contributed by atoms with Gasteiger partial charge in [0.25, 0.3) is 10.0 Å². The summed E-state index contributed by atoms with van der Waals surface area (Å²) in [7, 11) is -1.52. The number of benzene rings is 1. The average molecular weight is 356 g/mol. The van der Waals surface area contributed by atoms with Crippen LogP contribution in [0.4, 0.5) is 0 Å². The highest BCUT2D eigenvalue weighted by Crippen LogP contribution is 2.30. The molecule has 0 aromatic heterocycles. The van der Waals surface area contributed by atoms with Crippen LogP contribution in [0.25, 0.3) is 0 Å². The van der Waals surface area contributed by atoms with Gasteiger partial charge in [-0.05, 0) is 37.1 Å². The van der Waals surface area contributed by atoms with Gasteiger partial charge < -0.3 is 9.47 Å². The van der Waals surface area contributed by atoms with Crippen molar-refractivity contribution >= 4 is 21.9 Å². The Labute approximate surface area is 140 Å². The van der Waals surface area contributed by atoms with Crippen LogP contribution in [-0.4, -0.2) is 45.5 Å². The molecule has 1 aliphatic rings. The summed E-state index contributed by atoms with van der Waals surface area (Å²) in [6, 6.07) is 3.10. The predicted molar refractivity (Wildman–Crippen MR) is 84.6 cm³/mol. The quantitative estimate of drug-likeness (QED) is 0.790. The molecule has 1 heterocycles. The Morgan fingerprint density at radius 3 is 2.46 bits per heavy atom. The first-order valence-electron chi connectivity index (χ1n) is 7.26. The first-order valence-corrected chi connectivity index (χ1v) is 8.70. The summed E-state index contributed by atoms with van der Waals surface area (Å²) in [6.07, 6.45) is -0.122. The molecule has 1 fully saturated rings. The van der Waals surface area contributed by atoms with Gasteiger partial charge in [-0.2, -0.15) is 0 Å². The monoisotopic (exact) mass is 356 g/mol. The Hall–Kier alpha value is -2.13. The van der Waals surface area contributed by atoms with Crippen molar-refractivity contribution in [3.8, 4) is 5.75 Å². The Bertz CT molecular complexity index is 774. The van der Waals surface area contributed by atoms with E-state index in [4.69, 9.17) is 4.74 Å². The summed E-state index contributed by atoms with van der Waals surface area (Å²) >= 11 is 0. The third-order valence-electron chi connectivity index (χ3n) is 3.95. The van der Waals surface area contributed by atoms with E-state index in [1.54, 1.807) is 13.0 Å². The van der Waals surface area contributed by atoms with Crippen molar-refractivity contribution in [1.82, 2.24) is 9.84 Å². The topological polar surface area (TPSA) is 102 Å². The molecule has 1 unspecified atom stereocenters. The van der Waals surface area contributed by atoms with Crippen molar-refractivity contribution in [1.29, 1.82) is 0 Å². The second-order valence-corrected chi connectivity index (χ2v) is 7.41. The van der Waals surface area contributed by atoms with Crippen molar-refractivity contribution in [2.24, 2.45) is 5.92 Å². The van der Waals surface area contributed by atoms with Gasteiger partial charge in [-0.3, -0.25) is 15.0 Å². The number of esters is 1. The highest BCUT2D eigenvalue weighted by atomic mass is 32.2. The van der Waals surface area contributed by atoms with E-state index in [0.29, 0.717) is 0 Å². The van der Waals surface area contributed by atoms with Gasteiger partial charge in [0, 0.05) is 13.0 Å². The molecule has 1 saturated heterocycles. The van der Waals surface area contributed by atoms with Gasteiger partial charge in [-0.1, -0.05) is 0 Å². The summed E-state index contributed by atoms with van der Waals surface area (Å²) in [4.78, 5) is 23.4. The van der Waals surface area contributed by atoms with Gasteiger partial charge in [-0.15, -0.1) is 4.41 Å². The van der Waals surface area contributed by atoms with Crippen LogP contribution in [0.3, 0.4) is 0 Å². The van der Waals surface area contributed by atoms with Crippen molar-refractivity contribution in [2.75, 3.05) is 20.8 Å². The van der Waals surface area contributed by atoms with Crippen LogP contribution in [-0.2, 0) is 24.3 Å². The molecule has 1 amide bonds. The highest BCUT2D eigenvalue weighted by molar-refractivity contribution is 7.89. The molecule has 1 aromatic carbocycles. The SMILES string of the molecule is COC(=O)C1CC(=O)NN(S(=O)(=O)c2cc(C)c(C)cc2OC)C1. The lowest BCUT2D eigenvalue weighted by atomic mass is 10.0. The van der Waals surface area contributed by atoms with Gasteiger partial charge >= 0.3 is 5.97 Å². The van der Waals surface area contributed by atoms with Gasteiger partial charge in [0.15, 0.2) is 0 Å². The molecule has 1 N–H and O–H groups in total. The van der Waals surface area contributed by atoms with E-state index in [1.807, 2.05) is 6.92 Å². The van der Waals surface area contributed by atoms with Crippen molar-refractivity contribution in [2.45, 2.75) is 25.2 Å². The Morgan fingerprint density at radius 2 is 1.88 bits per heavy atom. The number of hydrazine groups is 1. The molecule has 8 nitrogen and oxygen atoms in total. The van der Waals surface area contributed by atoms with Gasteiger partial charge in [-0.25, -0.2) is 8.42 Å². The summed E-state index contributed by atoms with van der Waals surface area (Å²) in [5.74, 6) is -1.87. The van der Waals surface area contributed by atoms with Crippen molar-refractivity contribution in [3.63, 3.8) is 0 Å². The molecule has 1 aromatic rings. The fourth-order valence-electron chi connectivity index (χ4n) is 2.44. The zero-order valence-electron chi connectivity index (χ0n) is 14.0. The number of hydrogen-bond donors (Lipinski definition) is 1. The van der Waals surface area contributed by atoms with E-state index >= 15 is 0 Å². The maximum absolute atomic E-state index is 12.9. The molecule has 2 rings (SSSR count). The smallest absolute Gasteiger partial charge is 0.310 e. The molecule has 24 heavy (non-hydrogen) atoms. The molecule has 0 bridgehead atoms. The van der Waals surface area contributed by atoms with E-state index in [0.717, 1.165) is 15.5 Å². The van der Waals surface area contributed by atoms with E-state index < -0.39 is 27.8 Å². The summed E-state index contributed by atoms with van der Waals surface area (Å²) < 4.78 is 36.4. The third-order valence-corrected chi connectivity index (χ3v) is 5.65. The molecular formula is C15H20N2O6S. The number of nitrogens with zero attached hydrogens (tertiary/aromatic N) is 1. The van der Waals surface area contributed by atoms with E-state index in [-0.39, 0.29) is 23.6 Å². The molecule has 9 heteroatoms. The number of sulfonamides is 1. The standard InChI is InChI=1S/C15H20N2O6S/c1-9-5-12(22-3)13(6-10(9)2)24(20,21)17-8-11(15(19)23-4)7-14(18)16-17/h5-6,11H,7-8H2,1-4H3,(H,16,18). The van der Waals surface area contributed by atoms with Crippen LogP contribution < -0.4 is 10.2 Å². The molecule has 0 aliphatic carbocycles. The largest absolute Gasteiger partial charge is 0.495 e. The lowest BCUT2D eigenvalue weighted by Gasteiger charge is -2.31. The second kappa shape index (κ2) is 6.78. The van der Waals surface area contributed by atoms with Crippen LogP contribution >= 0.6 is 0 Å². The van der Waals surface area contributed by atoms with E-state index in [1.165, 1.54) is 20.3 Å². The number of nitrogens with one attached hydrogen (secondary N) is 1. The van der Waals surface area contributed by atoms with Gasteiger partial charge in [0.1, 0.15) is 10.6 Å². The zero-order chi connectivity index (χ0) is 18.1. The van der Waals surface area contributed by atoms with Crippen molar-refractivity contribution < 1.29 is 27.5 Å². The maximum atomic E-state index is 12.9. The molecule has 0 radical (unpaired) electrons. The van der Waals surface area contributed by atoms with Gasteiger partial charge in [0.2, 0.25) is 5.91 Å². The minimum absolute atomic E-state index is 0.0704. The van der Waals surface area contributed by atoms with E-state index in [9.17, 15) is 18.0 Å². The molecule has 132 valence electrons. The second-order valence-electron chi connectivity index (χ2n) is 5.58. The summed E-state index contributed by atoms with van der Waals surface area (Å²) in [6.45, 7) is 3.42. The van der Waals surface area contributed by atoms with Crippen LogP contribution in [0, 0.1) is 19.8 Å². The molecule has 0 saturated carbocycles. The third kappa shape index (κ3) is 3.36. The average Bonchev–Trinajstić information content (AvgIpc) is 2.55. The molecular weight excluding hydrogens is 336 g/mol. The minimum Gasteiger partial charge on any atom is -0.495 e. The molecule has 0 spiro atoms. The van der Waals surface area contributed by atoms with Gasteiger partial charge in [0.05, 0.1) is 20.1 Å². The van der Waals surface area contributed by atoms with Crippen molar-refractivity contribution in [3.05, 3.63) is 23.3 Å². The zero-order valence-corrected chi connectivity index (χ0v) is 14.8. The predicted octanol–water partition coefficient (Wildman–Crippen LogP) is 0.527. The summed E-state index contributed by atoms with van der Waals surface area (Å²) in [5.41, 5.74) is 3.93. The number of aryl methyl sites for hydroxylation is 2. The number of carbonyl (C=O) groups is 2. The number of rotatable bonds is 4. The normalized spacial score (nSPS) is 18.8. The molecule has 1 atom stereocenters. The minimum atomic E-state index is -4.08.